The molecule has 162 valence electrons. The quantitative estimate of drug-likeness (QED) is 0.625. The maximum absolute atomic E-state index is 12.6. The van der Waals surface area contributed by atoms with Crippen LogP contribution in [0.2, 0.25) is 0 Å². The van der Waals surface area contributed by atoms with E-state index >= 15 is 0 Å². The first-order chi connectivity index (χ1) is 14.5. The molecule has 8 heteroatoms. The van der Waals surface area contributed by atoms with Crippen LogP contribution < -0.4 is 10.6 Å². The number of nitrogens with zero attached hydrogens (tertiary/aromatic N) is 3. The van der Waals surface area contributed by atoms with Gasteiger partial charge in [0.05, 0.1) is 11.7 Å². The van der Waals surface area contributed by atoms with Gasteiger partial charge >= 0.3 is 0 Å². The van der Waals surface area contributed by atoms with Gasteiger partial charge in [-0.2, -0.15) is 0 Å². The molecule has 0 unspecified atom stereocenters. The van der Waals surface area contributed by atoms with E-state index in [1.54, 1.807) is 0 Å². The fraction of sp³-hybridized carbons (Fsp3) is 0.545. The van der Waals surface area contributed by atoms with Crippen molar-refractivity contribution in [2.45, 2.75) is 82.3 Å². The summed E-state index contributed by atoms with van der Waals surface area (Å²) in [6.45, 7) is 6.52. The molecule has 2 aromatic rings. The molecule has 2 amide bonds. The molecule has 1 aliphatic carbocycles. The van der Waals surface area contributed by atoms with Crippen molar-refractivity contribution < 1.29 is 9.59 Å². The molecular weight excluding hydrogens is 398 g/mol. The standard InChI is InChI=1S/C22H31N5O2S/c1-4-27-19(14-20(28)23-18-12-10-15(2)11-13-18)25-26-22(27)30-16(3)21(29)24-17-8-6-5-7-9-17/h10-13,16-17H,4-9,14H2,1-3H3,(H,23,28)(H,24,29)/t16-/m0/s1. The highest BCUT2D eigenvalue weighted by molar-refractivity contribution is 8.00. The molecule has 30 heavy (non-hydrogen) atoms. The summed E-state index contributed by atoms with van der Waals surface area (Å²) in [5.41, 5.74) is 1.90. The highest BCUT2D eigenvalue weighted by atomic mass is 32.2. The van der Waals surface area contributed by atoms with Crippen LogP contribution in [0.5, 0.6) is 0 Å². The van der Waals surface area contributed by atoms with E-state index in [0.717, 1.165) is 24.1 Å². The van der Waals surface area contributed by atoms with Gasteiger partial charge in [0.15, 0.2) is 5.16 Å². The molecule has 0 radical (unpaired) electrons. The van der Waals surface area contributed by atoms with Gasteiger partial charge in [-0.1, -0.05) is 48.7 Å². The van der Waals surface area contributed by atoms with Crippen LogP contribution in [0.3, 0.4) is 0 Å². The van der Waals surface area contributed by atoms with Crippen molar-refractivity contribution in [3.63, 3.8) is 0 Å². The Morgan fingerprint density at radius 1 is 1.17 bits per heavy atom. The van der Waals surface area contributed by atoms with E-state index < -0.39 is 0 Å². The summed E-state index contributed by atoms with van der Waals surface area (Å²) in [4.78, 5) is 25.0. The van der Waals surface area contributed by atoms with E-state index in [4.69, 9.17) is 0 Å². The van der Waals surface area contributed by atoms with Crippen LogP contribution in [-0.2, 0) is 22.6 Å². The lowest BCUT2D eigenvalue weighted by molar-refractivity contribution is -0.121. The average molecular weight is 430 g/mol. The number of nitrogens with one attached hydrogen (secondary N) is 2. The van der Waals surface area contributed by atoms with Gasteiger partial charge in [-0.15, -0.1) is 10.2 Å². The zero-order valence-corrected chi connectivity index (χ0v) is 18.8. The van der Waals surface area contributed by atoms with Crippen LogP contribution in [0.25, 0.3) is 0 Å². The molecule has 0 spiro atoms. The maximum Gasteiger partial charge on any atom is 0.233 e. The number of hydrogen-bond donors (Lipinski definition) is 2. The minimum atomic E-state index is -0.268. The van der Waals surface area contributed by atoms with E-state index in [2.05, 4.69) is 20.8 Å². The highest BCUT2D eigenvalue weighted by Gasteiger charge is 2.23. The second kappa shape index (κ2) is 10.6. The Hall–Kier alpha value is -2.35. The monoisotopic (exact) mass is 429 g/mol. The predicted molar refractivity (Wildman–Crippen MR) is 120 cm³/mol. The Kier molecular flexibility index (Phi) is 7.90. The van der Waals surface area contributed by atoms with E-state index in [1.165, 1.54) is 31.0 Å². The van der Waals surface area contributed by atoms with Gasteiger partial charge in [-0.05, 0) is 45.7 Å². The van der Waals surface area contributed by atoms with E-state index in [-0.39, 0.29) is 23.5 Å². The molecule has 1 saturated carbocycles. The minimum absolute atomic E-state index is 0.0382. The number of rotatable bonds is 8. The normalized spacial score (nSPS) is 15.6. The van der Waals surface area contributed by atoms with Crippen LogP contribution in [-0.4, -0.2) is 37.9 Å². The summed E-state index contributed by atoms with van der Waals surface area (Å²) in [5.74, 6) is 0.501. The Labute approximate surface area is 182 Å². The van der Waals surface area contributed by atoms with Crippen molar-refractivity contribution in [3.8, 4) is 0 Å². The van der Waals surface area contributed by atoms with Gasteiger partial charge in [0.25, 0.3) is 0 Å². The second-order valence-corrected chi connectivity index (χ2v) is 9.15. The number of benzene rings is 1. The average Bonchev–Trinajstić information content (AvgIpc) is 3.11. The molecule has 1 heterocycles. The van der Waals surface area contributed by atoms with Gasteiger partial charge in [0.1, 0.15) is 5.82 Å². The second-order valence-electron chi connectivity index (χ2n) is 7.84. The van der Waals surface area contributed by atoms with Crippen LogP contribution in [0.4, 0.5) is 5.69 Å². The number of aromatic nitrogens is 3. The molecule has 1 atom stereocenters. The van der Waals surface area contributed by atoms with Gasteiger partial charge in [0.2, 0.25) is 11.8 Å². The van der Waals surface area contributed by atoms with Gasteiger partial charge in [-0.25, -0.2) is 0 Å². The van der Waals surface area contributed by atoms with Gasteiger partial charge < -0.3 is 15.2 Å². The van der Waals surface area contributed by atoms with E-state index in [0.29, 0.717) is 23.6 Å². The molecule has 1 fully saturated rings. The predicted octanol–water partition coefficient (Wildman–Crippen LogP) is 3.72. The Morgan fingerprint density at radius 2 is 1.87 bits per heavy atom. The van der Waals surface area contributed by atoms with Crippen LogP contribution in [0.1, 0.15) is 57.3 Å². The zero-order chi connectivity index (χ0) is 21.5. The molecule has 7 nitrogen and oxygen atoms in total. The van der Waals surface area contributed by atoms with Gasteiger partial charge in [-0.3, -0.25) is 9.59 Å². The van der Waals surface area contributed by atoms with Crippen molar-refractivity contribution in [3.05, 3.63) is 35.7 Å². The third-order valence-corrected chi connectivity index (χ3v) is 6.45. The fourth-order valence-electron chi connectivity index (χ4n) is 3.62. The molecule has 1 aromatic carbocycles. The molecule has 0 aliphatic heterocycles. The van der Waals surface area contributed by atoms with E-state index in [9.17, 15) is 9.59 Å². The van der Waals surface area contributed by atoms with Gasteiger partial charge in [0, 0.05) is 18.3 Å². The van der Waals surface area contributed by atoms with Crippen molar-refractivity contribution in [2.75, 3.05) is 5.32 Å². The lowest BCUT2D eigenvalue weighted by Gasteiger charge is -2.24. The molecular formula is C22H31N5O2S. The summed E-state index contributed by atoms with van der Waals surface area (Å²) >= 11 is 1.39. The highest BCUT2D eigenvalue weighted by Crippen LogP contribution is 2.24. The third-order valence-electron chi connectivity index (χ3n) is 5.37. The Morgan fingerprint density at radius 3 is 2.53 bits per heavy atom. The summed E-state index contributed by atoms with van der Waals surface area (Å²) in [7, 11) is 0. The molecule has 0 saturated heterocycles. The number of anilines is 1. The van der Waals surface area contributed by atoms with Crippen LogP contribution >= 0.6 is 11.8 Å². The first kappa shape index (κ1) is 22.3. The molecule has 3 rings (SSSR count). The third kappa shape index (κ3) is 6.08. The minimum Gasteiger partial charge on any atom is -0.352 e. The lowest BCUT2D eigenvalue weighted by atomic mass is 9.95. The number of aryl methyl sites for hydroxylation is 1. The SMILES string of the molecule is CCn1c(CC(=O)Nc2ccc(C)cc2)nnc1S[C@@H](C)C(=O)NC1CCCCC1. The smallest absolute Gasteiger partial charge is 0.233 e. The topological polar surface area (TPSA) is 88.9 Å². The number of carbonyl (C=O) groups excluding carboxylic acids is 2. The number of hydrogen-bond acceptors (Lipinski definition) is 5. The van der Waals surface area contributed by atoms with Crippen molar-refractivity contribution in [1.29, 1.82) is 0 Å². The first-order valence-corrected chi connectivity index (χ1v) is 11.6. The summed E-state index contributed by atoms with van der Waals surface area (Å²) in [6.07, 6.45) is 5.90. The van der Waals surface area contributed by atoms with Crippen LogP contribution in [0.15, 0.2) is 29.4 Å². The van der Waals surface area contributed by atoms with Crippen molar-refractivity contribution >= 4 is 29.3 Å². The Bertz CT molecular complexity index is 859. The van der Waals surface area contributed by atoms with E-state index in [1.807, 2.05) is 49.6 Å². The van der Waals surface area contributed by atoms with Crippen LogP contribution in [0, 0.1) is 6.92 Å². The molecule has 1 aromatic heterocycles. The summed E-state index contributed by atoms with van der Waals surface area (Å²) < 4.78 is 1.91. The van der Waals surface area contributed by atoms with Crippen molar-refractivity contribution in [1.82, 2.24) is 20.1 Å². The molecule has 1 aliphatic rings. The van der Waals surface area contributed by atoms with Crippen molar-refractivity contribution in [2.24, 2.45) is 0 Å². The number of amides is 2. The number of carbonyl (C=O) groups is 2. The first-order valence-electron chi connectivity index (χ1n) is 10.7. The summed E-state index contributed by atoms with van der Waals surface area (Å²) in [5, 5.41) is 14.9. The molecule has 0 bridgehead atoms. The summed E-state index contributed by atoms with van der Waals surface area (Å²) in [6, 6.07) is 7.97. The Balaban J connectivity index is 1.58. The molecule has 2 N–H and O–H groups in total. The fourth-order valence-corrected chi connectivity index (χ4v) is 4.56. The number of thioether (sulfide) groups is 1. The largest absolute Gasteiger partial charge is 0.352 e. The maximum atomic E-state index is 12.6. The zero-order valence-electron chi connectivity index (χ0n) is 18.0. The lowest BCUT2D eigenvalue weighted by Crippen LogP contribution is -2.40.